The lowest BCUT2D eigenvalue weighted by atomic mass is 9.83. The topological polar surface area (TPSA) is 90.2 Å². The van der Waals surface area contributed by atoms with Crippen molar-refractivity contribution in [1.29, 1.82) is 0 Å². The number of aliphatic hydroxyl groups excluding tert-OH is 3. The number of rotatable bonds is 1. The quantitative estimate of drug-likeness (QED) is 0.490. The fraction of sp³-hybridized carbons (Fsp3) is 0.455. The van der Waals surface area contributed by atoms with E-state index in [0.29, 0.717) is 5.56 Å². The third-order valence-corrected chi connectivity index (χ3v) is 2.85. The normalized spacial score (nSPS) is 39.6. The monoisotopic (exact) mass is 226 g/mol. The maximum absolute atomic E-state index is 10.3. The smallest absolute Gasteiger partial charge is 0.190 e. The first-order valence-electron chi connectivity index (χ1n) is 5.00. The molecule has 1 aliphatic rings. The van der Waals surface area contributed by atoms with Crippen LogP contribution in [0.5, 0.6) is 0 Å². The molecular formula is C11H14O5. The van der Waals surface area contributed by atoms with Gasteiger partial charge in [-0.15, -0.1) is 0 Å². The first kappa shape index (κ1) is 11.5. The van der Waals surface area contributed by atoms with E-state index in [2.05, 4.69) is 0 Å². The van der Waals surface area contributed by atoms with Gasteiger partial charge < -0.3 is 25.2 Å². The Kier molecular flexibility index (Phi) is 2.96. The fourth-order valence-electron chi connectivity index (χ4n) is 1.87. The Labute approximate surface area is 92.5 Å². The number of ether oxygens (including phenoxy) is 1. The van der Waals surface area contributed by atoms with Crippen LogP contribution in [0.3, 0.4) is 0 Å². The summed E-state index contributed by atoms with van der Waals surface area (Å²) in [7, 11) is 0. The van der Waals surface area contributed by atoms with Crippen molar-refractivity contribution in [3.8, 4) is 0 Å². The van der Waals surface area contributed by atoms with Crippen LogP contribution in [0.15, 0.2) is 30.3 Å². The maximum Gasteiger partial charge on any atom is 0.190 e. The van der Waals surface area contributed by atoms with E-state index in [4.69, 9.17) is 4.74 Å². The van der Waals surface area contributed by atoms with Crippen LogP contribution in [0, 0.1) is 0 Å². The van der Waals surface area contributed by atoms with Gasteiger partial charge in [-0.05, 0) is 5.56 Å². The Morgan fingerprint density at radius 2 is 1.75 bits per heavy atom. The zero-order valence-corrected chi connectivity index (χ0v) is 8.52. The zero-order valence-electron chi connectivity index (χ0n) is 8.52. The summed E-state index contributed by atoms with van der Waals surface area (Å²) in [6, 6.07) is 8.16. The molecule has 0 bridgehead atoms. The average Bonchev–Trinajstić information content (AvgIpc) is 2.33. The second-order valence-corrected chi connectivity index (χ2v) is 3.89. The van der Waals surface area contributed by atoms with Crippen LogP contribution in [0.1, 0.15) is 5.56 Å². The molecule has 4 atom stereocenters. The molecule has 16 heavy (non-hydrogen) atoms. The van der Waals surface area contributed by atoms with Crippen LogP contribution in [-0.4, -0.2) is 45.5 Å². The van der Waals surface area contributed by atoms with Gasteiger partial charge in [-0.1, -0.05) is 30.3 Å². The van der Waals surface area contributed by atoms with Gasteiger partial charge in [-0.25, -0.2) is 0 Å². The van der Waals surface area contributed by atoms with Gasteiger partial charge in [0.1, 0.15) is 12.2 Å². The minimum Gasteiger partial charge on any atom is -0.388 e. The van der Waals surface area contributed by atoms with Crippen molar-refractivity contribution in [3.05, 3.63) is 35.9 Å². The molecule has 0 radical (unpaired) electrons. The second-order valence-electron chi connectivity index (χ2n) is 3.89. The van der Waals surface area contributed by atoms with Gasteiger partial charge in [0, 0.05) is 0 Å². The third kappa shape index (κ3) is 1.63. The van der Waals surface area contributed by atoms with Crippen molar-refractivity contribution in [2.75, 3.05) is 6.61 Å². The minimum atomic E-state index is -2.00. The van der Waals surface area contributed by atoms with Crippen LogP contribution < -0.4 is 0 Å². The van der Waals surface area contributed by atoms with E-state index in [1.807, 2.05) is 0 Å². The Morgan fingerprint density at radius 3 is 2.38 bits per heavy atom. The lowest BCUT2D eigenvalue weighted by Gasteiger charge is -2.43. The molecule has 5 nitrogen and oxygen atoms in total. The van der Waals surface area contributed by atoms with Gasteiger partial charge in [0.05, 0.1) is 6.61 Å². The molecule has 0 spiro atoms. The molecule has 0 unspecified atom stereocenters. The van der Waals surface area contributed by atoms with Gasteiger partial charge in [-0.2, -0.15) is 0 Å². The average molecular weight is 226 g/mol. The lowest BCUT2D eigenvalue weighted by Crippen LogP contribution is -2.60. The molecule has 2 rings (SSSR count). The molecule has 4 N–H and O–H groups in total. The van der Waals surface area contributed by atoms with Gasteiger partial charge >= 0.3 is 0 Å². The van der Waals surface area contributed by atoms with Crippen molar-refractivity contribution in [1.82, 2.24) is 0 Å². The molecule has 1 heterocycles. The van der Waals surface area contributed by atoms with Crippen molar-refractivity contribution in [2.24, 2.45) is 0 Å². The summed E-state index contributed by atoms with van der Waals surface area (Å²) in [5.74, 6) is 0. The molecular weight excluding hydrogens is 212 g/mol. The van der Waals surface area contributed by atoms with E-state index in [-0.39, 0.29) is 6.61 Å². The molecule has 1 aliphatic heterocycles. The van der Waals surface area contributed by atoms with Crippen molar-refractivity contribution in [2.45, 2.75) is 24.1 Å². The van der Waals surface area contributed by atoms with Crippen molar-refractivity contribution in [3.63, 3.8) is 0 Å². The Morgan fingerprint density at radius 1 is 1.12 bits per heavy atom. The van der Waals surface area contributed by atoms with Gasteiger partial charge in [0.15, 0.2) is 11.9 Å². The van der Waals surface area contributed by atoms with Crippen LogP contribution >= 0.6 is 0 Å². The highest BCUT2D eigenvalue weighted by Gasteiger charge is 2.51. The van der Waals surface area contributed by atoms with Gasteiger partial charge in [-0.3, -0.25) is 0 Å². The van der Waals surface area contributed by atoms with E-state index in [1.54, 1.807) is 30.3 Å². The predicted octanol–water partition coefficient (Wildman–Crippen LogP) is -1.06. The van der Waals surface area contributed by atoms with E-state index in [9.17, 15) is 20.4 Å². The first-order valence-corrected chi connectivity index (χ1v) is 5.00. The molecule has 0 aromatic heterocycles. The molecule has 5 heteroatoms. The van der Waals surface area contributed by atoms with E-state index >= 15 is 0 Å². The van der Waals surface area contributed by atoms with Crippen molar-refractivity contribution < 1.29 is 25.2 Å². The summed E-state index contributed by atoms with van der Waals surface area (Å²) in [5.41, 5.74) is -1.70. The number of aliphatic hydroxyl groups is 4. The fourth-order valence-corrected chi connectivity index (χ4v) is 1.87. The molecule has 1 aromatic rings. The minimum absolute atomic E-state index is 0.211. The molecule has 1 saturated heterocycles. The van der Waals surface area contributed by atoms with E-state index in [1.165, 1.54) is 0 Å². The molecule has 0 aliphatic carbocycles. The van der Waals surface area contributed by atoms with Gasteiger partial charge in [0.2, 0.25) is 0 Å². The van der Waals surface area contributed by atoms with Crippen molar-refractivity contribution >= 4 is 0 Å². The van der Waals surface area contributed by atoms with Crippen LogP contribution in [0.4, 0.5) is 0 Å². The summed E-state index contributed by atoms with van der Waals surface area (Å²) >= 11 is 0. The highest BCUT2D eigenvalue weighted by Crippen LogP contribution is 2.34. The summed E-state index contributed by atoms with van der Waals surface area (Å²) in [4.78, 5) is 0. The van der Waals surface area contributed by atoms with Crippen LogP contribution in [0.25, 0.3) is 0 Å². The summed E-state index contributed by atoms with van der Waals surface area (Å²) in [5, 5.41) is 39.1. The third-order valence-electron chi connectivity index (χ3n) is 2.85. The summed E-state index contributed by atoms with van der Waals surface area (Å²) in [6.45, 7) is -0.211. The highest BCUT2D eigenvalue weighted by molar-refractivity contribution is 5.26. The SMILES string of the molecule is O[C@@H]1CO[C@H](O)[C@@](O)(c2ccccc2)[C@H]1O. The predicted molar refractivity (Wildman–Crippen MR) is 54.3 cm³/mol. The largest absolute Gasteiger partial charge is 0.388 e. The highest BCUT2D eigenvalue weighted by atomic mass is 16.6. The maximum atomic E-state index is 10.3. The Balaban J connectivity index is 2.41. The molecule has 0 amide bonds. The Bertz CT molecular complexity index is 355. The number of hydrogen-bond acceptors (Lipinski definition) is 5. The van der Waals surface area contributed by atoms with E-state index in [0.717, 1.165) is 0 Å². The molecule has 1 fully saturated rings. The Hall–Kier alpha value is -0.980. The van der Waals surface area contributed by atoms with Crippen LogP contribution in [0.2, 0.25) is 0 Å². The summed E-state index contributed by atoms with van der Waals surface area (Å²) in [6.07, 6.45) is -4.28. The zero-order chi connectivity index (χ0) is 11.8. The summed E-state index contributed by atoms with van der Waals surface area (Å²) < 4.78 is 4.83. The second kappa shape index (κ2) is 4.12. The lowest BCUT2D eigenvalue weighted by molar-refractivity contribution is -0.308. The van der Waals surface area contributed by atoms with E-state index < -0.39 is 24.1 Å². The van der Waals surface area contributed by atoms with Gasteiger partial charge in [0.25, 0.3) is 0 Å². The molecule has 0 saturated carbocycles. The standard InChI is InChI=1S/C11H14O5/c12-8-6-16-10(14)11(15,9(8)13)7-4-2-1-3-5-7/h1-5,8-10,12-15H,6H2/t8-,9+,10+,11-/m1/s1. The molecule has 1 aromatic carbocycles. The number of hydrogen-bond donors (Lipinski definition) is 4. The van der Waals surface area contributed by atoms with Crippen LogP contribution in [-0.2, 0) is 10.3 Å². The first-order chi connectivity index (χ1) is 7.56. The molecule has 88 valence electrons. The number of benzene rings is 1.